The highest BCUT2D eigenvalue weighted by Gasteiger charge is 2.43. The van der Waals surface area contributed by atoms with Gasteiger partial charge in [0.1, 0.15) is 12.0 Å². The zero-order chi connectivity index (χ0) is 14.0. The number of hydrogen-bond donors (Lipinski definition) is 2. The standard InChI is InChI=1S/C14H19NO4/c1-3-8(7-16)12-9-5-4-6-10(19-2)11(9)13(15-12)14(17)18/h3,7,9-10,12,15H,4-6H2,1-2H3,(H,17,18)/t9-,10-,12-/m0/s1. The summed E-state index contributed by atoms with van der Waals surface area (Å²) in [4.78, 5) is 22.5. The van der Waals surface area contributed by atoms with Gasteiger partial charge in [-0.25, -0.2) is 4.79 Å². The molecule has 1 aliphatic carbocycles. The molecular formula is C14H19NO4. The number of carbonyl (C=O) groups excluding carboxylic acids is 1. The maximum atomic E-state index is 11.4. The Morgan fingerprint density at radius 3 is 2.74 bits per heavy atom. The van der Waals surface area contributed by atoms with Gasteiger partial charge in [0.15, 0.2) is 0 Å². The van der Waals surface area contributed by atoms with E-state index in [0.717, 1.165) is 31.1 Å². The number of hydrogen-bond acceptors (Lipinski definition) is 4. The predicted octanol–water partition coefficient (Wildman–Crippen LogP) is 1.26. The summed E-state index contributed by atoms with van der Waals surface area (Å²) in [6.07, 6.45) is 5.08. The Morgan fingerprint density at radius 1 is 1.47 bits per heavy atom. The van der Waals surface area contributed by atoms with Crippen molar-refractivity contribution in [1.82, 2.24) is 5.32 Å². The van der Waals surface area contributed by atoms with Crippen molar-refractivity contribution in [1.29, 1.82) is 0 Å². The summed E-state index contributed by atoms with van der Waals surface area (Å²) in [5.74, 6) is -0.936. The van der Waals surface area contributed by atoms with E-state index >= 15 is 0 Å². The molecule has 0 aromatic rings. The summed E-state index contributed by atoms with van der Waals surface area (Å²) in [6.45, 7) is 1.79. The molecule has 5 nitrogen and oxygen atoms in total. The lowest BCUT2D eigenvalue weighted by molar-refractivity contribution is -0.133. The van der Waals surface area contributed by atoms with E-state index in [1.807, 2.05) is 0 Å². The molecule has 0 spiro atoms. The van der Waals surface area contributed by atoms with Crippen LogP contribution < -0.4 is 5.32 Å². The van der Waals surface area contributed by atoms with Crippen LogP contribution in [0.4, 0.5) is 0 Å². The Morgan fingerprint density at radius 2 is 2.21 bits per heavy atom. The zero-order valence-electron chi connectivity index (χ0n) is 11.2. The van der Waals surface area contributed by atoms with Crippen LogP contribution in [0.15, 0.2) is 22.9 Å². The monoisotopic (exact) mass is 265 g/mol. The molecule has 1 fully saturated rings. The topological polar surface area (TPSA) is 75.6 Å². The van der Waals surface area contributed by atoms with Gasteiger partial charge in [0, 0.05) is 18.6 Å². The molecular weight excluding hydrogens is 246 g/mol. The van der Waals surface area contributed by atoms with E-state index in [-0.39, 0.29) is 23.8 Å². The molecule has 1 heterocycles. The zero-order valence-corrected chi connectivity index (χ0v) is 11.2. The Kier molecular flexibility index (Phi) is 4.04. The predicted molar refractivity (Wildman–Crippen MR) is 69.5 cm³/mol. The summed E-state index contributed by atoms with van der Waals surface area (Å²) in [7, 11) is 1.60. The van der Waals surface area contributed by atoms with Gasteiger partial charge in [0.2, 0.25) is 0 Å². The largest absolute Gasteiger partial charge is 0.477 e. The molecule has 2 N–H and O–H groups in total. The Bertz CT molecular complexity index is 452. The van der Waals surface area contributed by atoms with Crippen molar-refractivity contribution in [2.45, 2.75) is 38.3 Å². The second kappa shape index (κ2) is 5.57. The summed E-state index contributed by atoms with van der Waals surface area (Å²) < 4.78 is 5.41. The molecule has 0 aromatic heterocycles. The smallest absolute Gasteiger partial charge is 0.352 e. The molecule has 3 atom stereocenters. The van der Waals surface area contributed by atoms with Crippen LogP contribution in [0.1, 0.15) is 26.2 Å². The van der Waals surface area contributed by atoms with Crippen LogP contribution in [0.3, 0.4) is 0 Å². The van der Waals surface area contributed by atoms with Gasteiger partial charge >= 0.3 is 5.97 Å². The number of carboxylic acids is 1. The highest BCUT2D eigenvalue weighted by atomic mass is 16.5. The number of rotatable bonds is 4. The first-order valence-electron chi connectivity index (χ1n) is 6.52. The normalized spacial score (nSPS) is 30.8. The van der Waals surface area contributed by atoms with Crippen molar-refractivity contribution in [2.75, 3.05) is 7.11 Å². The van der Waals surface area contributed by atoms with E-state index in [9.17, 15) is 14.7 Å². The molecule has 0 aromatic carbocycles. The van der Waals surface area contributed by atoms with Gasteiger partial charge in [-0.05, 0) is 31.8 Å². The fourth-order valence-electron chi connectivity index (χ4n) is 3.17. The molecule has 1 saturated carbocycles. The average molecular weight is 265 g/mol. The van der Waals surface area contributed by atoms with Crippen LogP contribution in [0.2, 0.25) is 0 Å². The minimum absolute atomic E-state index is 0.0428. The van der Waals surface area contributed by atoms with Gasteiger partial charge in [0.05, 0.1) is 12.1 Å². The number of ether oxygens (including phenoxy) is 1. The third-order valence-electron chi connectivity index (χ3n) is 4.05. The highest BCUT2D eigenvalue weighted by molar-refractivity contribution is 5.89. The summed E-state index contributed by atoms with van der Waals surface area (Å²) in [5.41, 5.74) is 1.63. The first-order chi connectivity index (χ1) is 9.13. The minimum Gasteiger partial charge on any atom is -0.477 e. The number of nitrogens with one attached hydrogen (secondary N) is 1. The number of aliphatic carboxylic acids is 1. The first-order valence-corrected chi connectivity index (χ1v) is 6.52. The summed E-state index contributed by atoms with van der Waals surface area (Å²) >= 11 is 0. The van der Waals surface area contributed by atoms with Crippen LogP contribution in [0.5, 0.6) is 0 Å². The van der Waals surface area contributed by atoms with Crippen molar-refractivity contribution in [3.63, 3.8) is 0 Å². The second-order valence-corrected chi connectivity index (χ2v) is 4.93. The number of carboxylic acid groups (broad SMARTS) is 1. The van der Waals surface area contributed by atoms with Crippen molar-refractivity contribution < 1.29 is 19.4 Å². The molecule has 2 aliphatic rings. The van der Waals surface area contributed by atoms with E-state index in [4.69, 9.17) is 4.74 Å². The van der Waals surface area contributed by atoms with E-state index in [1.165, 1.54) is 0 Å². The lowest BCUT2D eigenvalue weighted by Crippen LogP contribution is -2.35. The van der Waals surface area contributed by atoms with Crippen molar-refractivity contribution in [3.05, 3.63) is 22.9 Å². The lowest BCUT2D eigenvalue weighted by Gasteiger charge is -2.31. The van der Waals surface area contributed by atoms with Gasteiger partial charge in [-0.15, -0.1) is 0 Å². The molecule has 1 aliphatic heterocycles. The third-order valence-corrected chi connectivity index (χ3v) is 4.05. The molecule has 0 saturated heterocycles. The van der Waals surface area contributed by atoms with Gasteiger partial charge in [-0.1, -0.05) is 6.08 Å². The second-order valence-electron chi connectivity index (χ2n) is 4.93. The first kappa shape index (κ1) is 13.8. The molecule has 104 valence electrons. The fraction of sp³-hybridized carbons (Fsp3) is 0.571. The number of carbonyl (C=O) groups is 2. The van der Waals surface area contributed by atoms with Gasteiger partial charge in [-0.3, -0.25) is 4.79 Å². The maximum absolute atomic E-state index is 11.4. The van der Waals surface area contributed by atoms with Gasteiger partial charge in [0.25, 0.3) is 0 Å². The van der Waals surface area contributed by atoms with Crippen LogP contribution >= 0.6 is 0 Å². The average Bonchev–Trinajstić information content (AvgIpc) is 2.80. The van der Waals surface area contributed by atoms with Crippen molar-refractivity contribution in [2.24, 2.45) is 5.92 Å². The Labute approximate surface area is 112 Å². The van der Waals surface area contributed by atoms with Gasteiger partial charge in [-0.2, -0.15) is 0 Å². The van der Waals surface area contributed by atoms with Crippen LogP contribution in [0, 0.1) is 5.92 Å². The number of methoxy groups -OCH3 is 1. The van der Waals surface area contributed by atoms with Crippen LogP contribution in [0.25, 0.3) is 0 Å². The number of allylic oxidation sites excluding steroid dienone is 1. The van der Waals surface area contributed by atoms with E-state index < -0.39 is 5.97 Å². The molecule has 0 unspecified atom stereocenters. The summed E-state index contributed by atoms with van der Waals surface area (Å²) in [6, 6.07) is -0.235. The number of aldehydes is 1. The highest BCUT2D eigenvalue weighted by Crippen LogP contribution is 2.41. The van der Waals surface area contributed by atoms with Crippen LogP contribution in [-0.4, -0.2) is 36.6 Å². The van der Waals surface area contributed by atoms with E-state index in [2.05, 4.69) is 5.32 Å². The molecule has 0 bridgehead atoms. The van der Waals surface area contributed by atoms with Crippen molar-refractivity contribution in [3.8, 4) is 0 Å². The quantitative estimate of drug-likeness (QED) is 0.591. The lowest BCUT2D eigenvalue weighted by atomic mass is 9.78. The molecule has 0 amide bonds. The van der Waals surface area contributed by atoms with Crippen LogP contribution in [-0.2, 0) is 14.3 Å². The molecule has 2 rings (SSSR count). The molecule has 0 radical (unpaired) electrons. The third kappa shape index (κ3) is 2.30. The molecule has 5 heteroatoms. The SMILES string of the molecule is CC=C(C=O)[C@@H]1NC(C(=O)O)=C2[C@@H](OC)CCC[C@@H]21. The van der Waals surface area contributed by atoms with Gasteiger partial charge < -0.3 is 15.2 Å². The fourth-order valence-corrected chi connectivity index (χ4v) is 3.17. The van der Waals surface area contributed by atoms with Crippen molar-refractivity contribution >= 4 is 12.3 Å². The Balaban J connectivity index is 2.40. The maximum Gasteiger partial charge on any atom is 0.352 e. The molecule has 19 heavy (non-hydrogen) atoms. The van der Waals surface area contributed by atoms with E-state index in [1.54, 1.807) is 20.1 Å². The summed E-state index contributed by atoms with van der Waals surface area (Å²) in [5, 5.41) is 12.3. The van der Waals surface area contributed by atoms with E-state index in [0.29, 0.717) is 5.57 Å². The Hall–Kier alpha value is -1.62. The minimum atomic E-state index is -0.979. The number of fused-ring (bicyclic) bond motifs is 1.